The van der Waals surface area contributed by atoms with Crippen LogP contribution in [0.1, 0.15) is 11.6 Å². The van der Waals surface area contributed by atoms with Crippen LogP contribution in [0.5, 0.6) is 0 Å². The molecule has 0 bridgehead atoms. The van der Waals surface area contributed by atoms with Gasteiger partial charge in [-0.05, 0) is 23.1 Å². The van der Waals surface area contributed by atoms with Crippen molar-refractivity contribution in [2.45, 2.75) is 12.1 Å². The number of fused-ring (bicyclic) bond motifs is 1. The first-order valence-corrected chi connectivity index (χ1v) is 6.80. The predicted molar refractivity (Wildman–Crippen MR) is 81.6 cm³/mol. The van der Waals surface area contributed by atoms with Gasteiger partial charge in [-0.3, -0.25) is 0 Å². The summed E-state index contributed by atoms with van der Waals surface area (Å²) in [5.74, 6) is 0. The van der Waals surface area contributed by atoms with E-state index in [0.29, 0.717) is 0 Å². The molecule has 0 saturated heterocycles. The highest BCUT2D eigenvalue weighted by molar-refractivity contribution is 5.80. The standard InChI is InChI=1S/C17H18N2O/c18-12-16(20)17(14-7-2-1-3-8-14)19-11-10-13-6-4-5-9-15(13)19/h1-11,16-17,20H,12,18H2/t16-,17+/m0/s1. The van der Waals surface area contributed by atoms with Crippen molar-refractivity contribution in [1.29, 1.82) is 0 Å². The lowest BCUT2D eigenvalue weighted by Gasteiger charge is -2.25. The van der Waals surface area contributed by atoms with Gasteiger partial charge in [0, 0.05) is 18.3 Å². The van der Waals surface area contributed by atoms with Gasteiger partial charge in [0.15, 0.2) is 0 Å². The first-order chi connectivity index (χ1) is 9.81. The maximum absolute atomic E-state index is 10.4. The third kappa shape index (κ3) is 2.22. The zero-order valence-corrected chi connectivity index (χ0v) is 11.2. The minimum atomic E-state index is -0.617. The summed E-state index contributed by atoms with van der Waals surface area (Å²) >= 11 is 0. The fraction of sp³-hybridized carbons (Fsp3) is 0.176. The van der Waals surface area contributed by atoms with Gasteiger partial charge >= 0.3 is 0 Å². The van der Waals surface area contributed by atoms with E-state index in [9.17, 15) is 5.11 Å². The number of rotatable bonds is 4. The van der Waals surface area contributed by atoms with Crippen LogP contribution in [0.2, 0.25) is 0 Å². The molecule has 0 aliphatic heterocycles. The molecule has 3 heteroatoms. The van der Waals surface area contributed by atoms with E-state index in [1.165, 1.54) is 0 Å². The van der Waals surface area contributed by atoms with E-state index in [0.717, 1.165) is 16.5 Å². The molecule has 3 N–H and O–H groups in total. The lowest BCUT2D eigenvalue weighted by Crippen LogP contribution is -2.31. The van der Waals surface area contributed by atoms with E-state index >= 15 is 0 Å². The molecule has 0 spiro atoms. The minimum absolute atomic E-state index is 0.166. The Bertz CT molecular complexity index is 690. The Morgan fingerprint density at radius 2 is 1.65 bits per heavy atom. The van der Waals surface area contributed by atoms with Gasteiger partial charge in [0.25, 0.3) is 0 Å². The van der Waals surface area contributed by atoms with Crippen LogP contribution in [0.4, 0.5) is 0 Å². The summed E-state index contributed by atoms with van der Waals surface area (Å²) in [5.41, 5.74) is 7.86. The van der Waals surface area contributed by atoms with Crippen molar-refractivity contribution in [2.24, 2.45) is 5.73 Å². The van der Waals surface area contributed by atoms with Crippen molar-refractivity contribution in [2.75, 3.05) is 6.54 Å². The van der Waals surface area contributed by atoms with Crippen molar-refractivity contribution in [1.82, 2.24) is 4.57 Å². The second-order valence-corrected chi connectivity index (χ2v) is 4.94. The van der Waals surface area contributed by atoms with Crippen molar-refractivity contribution < 1.29 is 5.11 Å². The molecule has 0 radical (unpaired) electrons. The summed E-state index contributed by atoms with van der Waals surface area (Å²) in [6.07, 6.45) is 1.40. The first kappa shape index (κ1) is 12.9. The molecule has 0 aliphatic rings. The molecule has 102 valence electrons. The van der Waals surface area contributed by atoms with Gasteiger partial charge in [-0.2, -0.15) is 0 Å². The topological polar surface area (TPSA) is 51.2 Å². The van der Waals surface area contributed by atoms with Crippen LogP contribution in [0, 0.1) is 0 Å². The maximum atomic E-state index is 10.4. The Morgan fingerprint density at radius 1 is 0.950 bits per heavy atom. The van der Waals surface area contributed by atoms with Crippen LogP contribution < -0.4 is 5.73 Å². The molecule has 0 fully saturated rings. The Hall–Kier alpha value is -2.10. The van der Waals surface area contributed by atoms with Gasteiger partial charge in [-0.1, -0.05) is 48.5 Å². The molecule has 1 heterocycles. The number of hydrogen-bond donors (Lipinski definition) is 2. The van der Waals surface area contributed by atoms with Crippen LogP contribution in [0.15, 0.2) is 66.9 Å². The molecule has 20 heavy (non-hydrogen) atoms. The molecule has 0 aliphatic carbocycles. The highest BCUT2D eigenvalue weighted by Crippen LogP contribution is 2.27. The third-order valence-electron chi connectivity index (χ3n) is 3.68. The summed E-state index contributed by atoms with van der Waals surface area (Å²) in [6, 6.07) is 20.1. The molecular weight excluding hydrogens is 248 g/mol. The minimum Gasteiger partial charge on any atom is -0.389 e. The second kappa shape index (κ2) is 5.49. The fourth-order valence-corrected chi connectivity index (χ4v) is 2.69. The molecule has 3 aromatic rings. The molecule has 0 amide bonds. The van der Waals surface area contributed by atoms with Crippen molar-refractivity contribution >= 4 is 10.9 Å². The van der Waals surface area contributed by atoms with Crippen molar-refractivity contribution in [3.8, 4) is 0 Å². The average molecular weight is 266 g/mol. The van der Waals surface area contributed by atoms with E-state index in [1.54, 1.807) is 0 Å². The van der Waals surface area contributed by atoms with Crippen LogP contribution in [-0.2, 0) is 0 Å². The Kier molecular flexibility index (Phi) is 3.54. The molecule has 2 aromatic carbocycles. The smallest absolute Gasteiger partial charge is 0.0910 e. The fourth-order valence-electron chi connectivity index (χ4n) is 2.69. The van der Waals surface area contributed by atoms with Gasteiger partial charge < -0.3 is 15.4 Å². The largest absolute Gasteiger partial charge is 0.389 e. The Labute approximate surface area is 118 Å². The number of aliphatic hydroxyl groups excluding tert-OH is 1. The quantitative estimate of drug-likeness (QED) is 0.762. The van der Waals surface area contributed by atoms with Gasteiger partial charge in [0.1, 0.15) is 0 Å². The van der Waals surface area contributed by atoms with Crippen LogP contribution in [0.3, 0.4) is 0 Å². The lowest BCUT2D eigenvalue weighted by atomic mass is 10.0. The normalized spacial score (nSPS) is 14.3. The highest BCUT2D eigenvalue weighted by atomic mass is 16.3. The van der Waals surface area contributed by atoms with E-state index in [2.05, 4.69) is 22.8 Å². The Morgan fingerprint density at radius 3 is 2.40 bits per heavy atom. The van der Waals surface area contributed by atoms with E-state index < -0.39 is 6.10 Å². The zero-order valence-electron chi connectivity index (χ0n) is 11.2. The zero-order chi connectivity index (χ0) is 13.9. The summed E-state index contributed by atoms with van der Waals surface area (Å²) in [5, 5.41) is 11.5. The van der Waals surface area contributed by atoms with Gasteiger partial charge in [-0.25, -0.2) is 0 Å². The number of para-hydroxylation sites is 1. The highest BCUT2D eigenvalue weighted by Gasteiger charge is 2.22. The first-order valence-electron chi connectivity index (χ1n) is 6.80. The van der Waals surface area contributed by atoms with Crippen LogP contribution >= 0.6 is 0 Å². The maximum Gasteiger partial charge on any atom is 0.0910 e. The molecule has 2 atom stereocenters. The summed E-state index contributed by atoms with van der Waals surface area (Å²) in [4.78, 5) is 0. The van der Waals surface area contributed by atoms with E-state index in [4.69, 9.17) is 5.73 Å². The van der Waals surface area contributed by atoms with Crippen LogP contribution in [-0.4, -0.2) is 22.3 Å². The number of benzene rings is 2. The predicted octanol–water partition coefficient (Wildman–Crippen LogP) is 2.55. The van der Waals surface area contributed by atoms with E-state index in [1.807, 2.05) is 48.7 Å². The SMILES string of the molecule is NC[C@H](O)[C@@H](c1ccccc1)n1ccc2ccccc21. The molecule has 0 unspecified atom stereocenters. The number of nitrogens with zero attached hydrogens (tertiary/aromatic N) is 1. The summed E-state index contributed by atoms with van der Waals surface area (Å²) in [6.45, 7) is 0.228. The third-order valence-corrected chi connectivity index (χ3v) is 3.68. The average Bonchev–Trinajstić information content (AvgIpc) is 2.92. The van der Waals surface area contributed by atoms with Gasteiger partial charge in [0.2, 0.25) is 0 Å². The number of nitrogens with two attached hydrogens (primary N) is 1. The second-order valence-electron chi connectivity index (χ2n) is 4.94. The molecule has 1 aromatic heterocycles. The summed E-state index contributed by atoms with van der Waals surface area (Å²) < 4.78 is 2.10. The van der Waals surface area contributed by atoms with Crippen molar-refractivity contribution in [3.63, 3.8) is 0 Å². The molecule has 0 saturated carbocycles. The number of aliphatic hydroxyl groups is 1. The van der Waals surface area contributed by atoms with Crippen molar-refractivity contribution in [3.05, 3.63) is 72.4 Å². The molecule has 3 rings (SSSR count). The summed E-state index contributed by atoms with van der Waals surface area (Å²) in [7, 11) is 0. The molecular formula is C17H18N2O. The number of hydrogen-bond acceptors (Lipinski definition) is 2. The van der Waals surface area contributed by atoms with E-state index in [-0.39, 0.29) is 12.6 Å². The monoisotopic (exact) mass is 266 g/mol. The molecule has 3 nitrogen and oxygen atoms in total. The lowest BCUT2D eigenvalue weighted by molar-refractivity contribution is 0.140. The van der Waals surface area contributed by atoms with Gasteiger partial charge in [0.05, 0.1) is 12.1 Å². The van der Waals surface area contributed by atoms with Crippen LogP contribution in [0.25, 0.3) is 10.9 Å². The number of aromatic nitrogens is 1. The van der Waals surface area contributed by atoms with Gasteiger partial charge in [-0.15, -0.1) is 0 Å². The Balaban J connectivity index is 2.15.